The molecule has 3 heterocycles. The molecule has 0 saturated carbocycles. The first kappa shape index (κ1) is 19.6. The number of aromatic nitrogens is 4. The van der Waals surface area contributed by atoms with Gasteiger partial charge in [-0.15, -0.1) is 0 Å². The van der Waals surface area contributed by atoms with Crippen LogP contribution in [0.5, 0.6) is 0 Å². The number of fused-ring (bicyclic) bond motifs is 1. The lowest BCUT2D eigenvalue weighted by atomic mass is 9.84. The van der Waals surface area contributed by atoms with Crippen LogP contribution in [0.3, 0.4) is 0 Å². The Hall–Kier alpha value is -3.32. The van der Waals surface area contributed by atoms with Crippen LogP contribution in [0.1, 0.15) is 34.9 Å². The van der Waals surface area contributed by atoms with E-state index in [9.17, 15) is 4.79 Å². The molecule has 6 nitrogen and oxygen atoms in total. The Morgan fingerprint density at radius 1 is 1.00 bits per heavy atom. The minimum Gasteiger partial charge on any atom is -0.310 e. The third kappa shape index (κ3) is 3.65. The molecule has 154 valence electrons. The van der Waals surface area contributed by atoms with Crippen molar-refractivity contribution in [3.63, 3.8) is 0 Å². The predicted octanol–water partition coefficient (Wildman–Crippen LogP) is 5.18. The Kier molecular flexibility index (Phi) is 4.90. The monoisotopic (exact) mass is 473 g/mol. The number of hydrogen-bond donors (Lipinski definition) is 1. The molecule has 1 N–H and O–H groups in total. The fourth-order valence-corrected chi connectivity index (χ4v) is 4.53. The Morgan fingerprint density at radius 3 is 2.45 bits per heavy atom. The number of rotatable bonds is 3. The Morgan fingerprint density at radius 2 is 1.74 bits per heavy atom. The number of aryl methyl sites for hydroxylation is 2. The Labute approximate surface area is 188 Å². The van der Waals surface area contributed by atoms with Crippen LogP contribution in [0.2, 0.25) is 0 Å². The first-order valence-corrected chi connectivity index (χ1v) is 10.8. The largest absolute Gasteiger partial charge is 0.310 e. The maximum Gasteiger partial charge on any atom is 0.252 e. The minimum absolute atomic E-state index is 0.0531. The first-order chi connectivity index (χ1) is 15.0. The molecular formula is C24H20BrN5O. The number of anilines is 1. The lowest BCUT2D eigenvalue weighted by Crippen LogP contribution is -2.25. The van der Waals surface area contributed by atoms with Gasteiger partial charge in [0.1, 0.15) is 5.82 Å². The van der Waals surface area contributed by atoms with Gasteiger partial charge < -0.3 is 5.32 Å². The molecule has 31 heavy (non-hydrogen) atoms. The van der Waals surface area contributed by atoms with E-state index in [0.717, 1.165) is 38.2 Å². The predicted molar refractivity (Wildman–Crippen MR) is 123 cm³/mol. The lowest BCUT2D eigenvalue weighted by molar-refractivity contribution is -0.116. The van der Waals surface area contributed by atoms with Gasteiger partial charge in [0.05, 0.1) is 5.69 Å². The van der Waals surface area contributed by atoms with Crippen molar-refractivity contribution in [3.8, 4) is 17.2 Å². The molecule has 0 saturated heterocycles. The first-order valence-electron chi connectivity index (χ1n) is 10.1. The molecule has 2 aromatic heterocycles. The van der Waals surface area contributed by atoms with Crippen molar-refractivity contribution in [2.24, 2.45) is 0 Å². The van der Waals surface area contributed by atoms with Crippen LogP contribution in [0.4, 0.5) is 5.82 Å². The van der Waals surface area contributed by atoms with Crippen LogP contribution in [0.25, 0.3) is 17.2 Å². The van der Waals surface area contributed by atoms with Crippen molar-refractivity contribution in [2.45, 2.75) is 26.2 Å². The van der Waals surface area contributed by atoms with Gasteiger partial charge in [0.15, 0.2) is 0 Å². The number of halogens is 1. The van der Waals surface area contributed by atoms with E-state index in [-0.39, 0.29) is 11.8 Å². The van der Waals surface area contributed by atoms with E-state index in [1.165, 1.54) is 0 Å². The highest BCUT2D eigenvalue weighted by Crippen LogP contribution is 2.44. The summed E-state index contributed by atoms with van der Waals surface area (Å²) in [6.45, 7) is 3.85. The second kappa shape index (κ2) is 7.74. The number of amides is 1. The molecule has 0 aliphatic carbocycles. The fraction of sp³-hybridized carbons (Fsp3) is 0.167. The van der Waals surface area contributed by atoms with Crippen LogP contribution in [0.15, 0.2) is 65.1 Å². The van der Waals surface area contributed by atoms with Gasteiger partial charge in [0.25, 0.3) is 5.95 Å². The summed E-state index contributed by atoms with van der Waals surface area (Å²) in [6.07, 6.45) is 0.350. The number of carbonyl (C=O) groups excluding carboxylic acids is 1. The zero-order valence-electron chi connectivity index (χ0n) is 17.1. The summed E-state index contributed by atoms with van der Waals surface area (Å²) in [6, 6.07) is 20.0. The molecule has 0 spiro atoms. The summed E-state index contributed by atoms with van der Waals surface area (Å²) >= 11 is 3.56. The van der Waals surface area contributed by atoms with E-state index in [1.54, 1.807) is 4.68 Å². The van der Waals surface area contributed by atoms with E-state index < -0.39 is 0 Å². The second-order valence-corrected chi connectivity index (χ2v) is 8.61. The summed E-state index contributed by atoms with van der Waals surface area (Å²) in [5.74, 6) is 0.898. The van der Waals surface area contributed by atoms with Gasteiger partial charge in [-0.3, -0.25) is 4.79 Å². The maximum atomic E-state index is 12.8. The highest BCUT2D eigenvalue weighted by molar-refractivity contribution is 9.10. The molecule has 0 bridgehead atoms. The van der Waals surface area contributed by atoms with Crippen LogP contribution < -0.4 is 5.32 Å². The van der Waals surface area contributed by atoms with Gasteiger partial charge in [-0.05, 0) is 37.6 Å². The van der Waals surface area contributed by atoms with E-state index in [1.807, 2.05) is 62.4 Å². The normalized spacial score (nSPS) is 15.5. The van der Waals surface area contributed by atoms with E-state index in [4.69, 9.17) is 5.10 Å². The number of carbonyl (C=O) groups is 1. The van der Waals surface area contributed by atoms with Crippen LogP contribution in [-0.4, -0.2) is 25.7 Å². The van der Waals surface area contributed by atoms with Crippen molar-refractivity contribution >= 4 is 27.7 Å². The smallest absolute Gasteiger partial charge is 0.252 e. The number of benzene rings is 2. The van der Waals surface area contributed by atoms with E-state index in [0.29, 0.717) is 18.2 Å². The van der Waals surface area contributed by atoms with Crippen LogP contribution in [-0.2, 0) is 4.79 Å². The molecule has 0 radical (unpaired) electrons. The molecule has 1 atom stereocenters. The Balaban J connectivity index is 1.79. The van der Waals surface area contributed by atoms with Crippen molar-refractivity contribution in [1.29, 1.82) is 0 Å². The molecular weight excluding hydrogens is 454 g/mol. The molecule has 5 rings (SSSR count). The van der Waals surface area contributed by atoms with Crippen molar-refractivity contribution < 1.29 is 4.79 Å². The van der Waals surface area contributed by atoms with Crippen molar-refractivity contribution in [1.82, 2.24) is 19.7 Å². The third-order valence-electron chi connectivity index (χ3n) is 5.38. The molecule has 4 aromatic rings. The quantitative estimate of drug-likeness (QED) is 0.444. The molecule has 1 aliphatic heterocycles. The van der Waals surface area contributed by atoms with E-state index >= 15 is 0 Å². The van der Waals surface area contributed by atoms with Crippen molar-refractivity contribution in [2.75, 3.05) is 5.32 Å². The highest BCUT2D eigenvalue weighted by atomic mass is 79.9. The standard InChI is InChI=1S/C24H20BrN5O/c1-14-11-15(2)27-24(26-14)30-23-21(22(29-30)16-7-4-3-5-8-16)19(13-20(31)28-23)17-9-6-10-18(25)12-17/h3-12,19H,13H2,1-2H3,(H,28,31). The van der Waals surface area contributed by atoms with Gasteiger partial charge in [0, 0.05) is 39.3 Å². The highest BCUT2D eigenvalue weighted by Gasteiger charge is 2.35. The van der Waals surface area contributed by atoms with Gasteiger partial charge >= 0.3 is 0 Å². The third-order valence-corrected chi connectivity index (χ3v) is 5.87. The average Bonchev–Trinajstić information content (AvgIpc) is 3.12. The Bertz CT molecular complexity index is 1280. The fourth-order valence-electron chi connectivity index (χ4n) is 4.11. The minimum atomic E-state index is -0.129. The van der Waals surface area contributed by atoms with Crippen molar-refractivity contribution in [3.05, 3.63) is 87.7 Å². The molecule has 2 aromatic carbocycles. The number of nitrogens with one attached hydrogen (secondary N) is 1. The zero-order valence-corrected chi connectivity index (χ0v) is 18.7. The average molecular weight is 474 g/mol. The number of hydrogen-bond acceptors (Lipinski definition) is 4. The SMILES string of the molecule is Cc1cc(C)nc(-n2nc(-c3ccccc3)c3c2NC(=O)CC3c2cccc(Br)c2)n1. The molecule has 1 amide bonds. The zero-order chi connectivity index (χ0) is 21.5. The van der Waals surface area contributed by atoms with Gasteiger partial charge in [0.2, 0.25) is 5.91 Å². The summed E-state index contributed by atoms with van der Waals surface area (Å²) in [7, 11) is 0. The molecule has 1 aliphatic rings. The summed E-state index contributed by atoms with van der Waals surface area (Å²) in [5, 5.41) is 7.95. The topological polar surface area (TPSA) is 72.7 Å². The molecule has 1 unspecified atom stereocenters. The van der Waals surface area contributed by atoms with Crippen LogP contribution >= 0.6 is 15.9 Å². The van der Waals surface area contributed by atoms with E-state index in [2.05, 4.69) is 43.3 Å². The summed E-state index contributed by atoms with van der Waals surface area (Å²) < 4.78 is 2.64. The maximum absolute atomic E-state index is 12.8. The lowest BCUT2D eigenvalue weighted by Gasteiger charge is -2.24. The summed E-state index contributed by atoms with van der Waals surface area (Å²) in [4.78, 5) is 21.9. The van der Waals surface area contributed by atoms with Gasteiger partial charge in [-0.1, -0.05) is 58.4 Å². The van der Waals surface area contributed by atoms with Gasteiger partial charge in [-0.25, -0.2) is 9.97 Å². The second-order valence-electron chi connectivity index (χ2n) is 7.70. The molecule has 7 heteroatoms. The number of nitrogens with zero attached hydrogens (tertiary/aromatic N) is 4. The molecule has 0 fully saturated rings. The van der Waals surface area contributed by atoms with Crippen LogP contribution in [0, 0.1) is 13.8 Å². The van der Waals surface area contributed by atoms with Gasteiger partial charge in [-0.2, -0.15) is 9.78 Å². The summed E-state index contributed by atoms with van der Waals surface area (Å²) in [5.41, 5.74) is 5.54.